The van der Waals surface area contributed by atoms with E-state index in [0.717, 1.165) is 0 Å². The lowest BCUT2D eigenvalue weighted by Crippen LogP contribution is -1.88. The van der Waals surface area contributed by atoms with Gasteiger partial charge in [-0.3, -0.25) is 10.1 Å². The standard InChI is InChI=1S/C6H3Cl2NO2S/c7-4-1-3(9(10)11)2-5(8)6(4)12/h1-2,12H. The minimum absolute atomic E-state index is 0.136. The number of thiol groups is 1. The Kier molecular flexibility index (Phi) is 2.82. The number of benzene rings is 1. The first-order chi connectivity index (χ1) is 5.52. The van der Waals surface area contributed by atoms with E-state index >= 15 is 0 Å². The van der Waals surface area contributed by atoms with Crippen LogP contribution in [-0.4, -0.2) is 4.92 Å². The van der Waals surface area contributed by atoms with Gasteiger partial charge in [0.15, 0.2) is 0 Å². The van der Waals surface area contributed by atoms with Crippen LogP contribution < -0.4 is 0 Å². The lowest BCUT2D eigenvalue weighted by molar-refractivity contribution is -0.384. The maximum Gasteiger partial charge on any atom is 0.272 e. The van der Waals surface area contributed by atoms with Crippen LogP contribution in [-0.2, 0) is 0 Å². The molecule has 0 saturated carbocycles. The van der Waals surface area contributed by atoms with Gasteiger partial charge in [0.2, 0.25) is 0 Å². The second-order valence-corrected chi connectivity index (χ2v) is 3.28. The molecule has 0 fully saturated rings. The van der Waals surface area contributed by atoms with E-state index in [2.05, 4.69) is 12.6 Å². The average molecular weight is 224 g/mol. The Bertz CT molecular complexity index is 319. The summed E-state index contributed by atoms with van der Waals surface area (Å²) in [5.41, 5.74) is -0.136. The van der Waals surface area contributed by atoms with Crippen LogP contribution in [0, 0.1) is 10.1 Å². The van der Waals surface area contributed by atoms with Crippen molar-refractivity contribution >= 4 is 41.5 Å². The molecule has 0 unspecified atom stereocenters. The van der Waals surface area contributed by atoms with Crippen molar-refractivity contribution in [2.75, 3.05) is 0 Å². The molecular weight excluding hydrogens is 221 g/mol. The second kappa shape index (κ2) is 3.51. The summed E-state index contributed by atoms with van der Waals surface area (Å²) in [6, 6.07) is 2.41. The van der Waals surface area contributed by atoms with Crippen LogP contribution >= 0.6 is 35.8 Å². The zero-order chi connectivity index (χ0) is 9.30. The Morgan fingerprint density at radius 3 is 2.08 bits per heavy atom. The van der Waals surface area contributed by atoms with Crippen molar-refractivity contribution < 1.29 is 4.92 Å². The molecule has 0 aromatic heterocycles. The largest absolute Gasteiger partial charge is 0.272 e. The van der Waals surface area contributed by atoms with E-state index in [1.54, 1.807) is 0 Å². The number of nitrogens with zero attached hydrogens (tertiary/aromatic N) is 1. The summed E-state index contributed by atoms with van der Waals surface area (Å²) < 4.78 is 0. The topological polar surface area (TPSA) is 43.1 Å². The van der Waals surface area contributed by atoms with Gasteiger partial charge in [-0.1, -0.05) is 23.2 Å². The smallest absolute Gasteiger partial charge is 0.258 e. The number of hydrogen-bond donors (Lipinski definition) is 1. The minimum atomic E-state index is -0.565. The molecule has 1 rings (SSSR count). The van der Waals surface area contributed by atoms with Crippen LogP contribution in [0.3, 0.4) is 0 Å². The Hall–Kier alpha value is -0.450. The molecular formula is C6H3Cl2NO2S. The van der Waals surface area contributed by atoms with E-state index in [1.165, 1.54) is 12.1 Å². The highest BCUT2D eigenvalue weighted by molar-refractivity contribution is 7.80. The molecule has 6 heteroatoms. The van der Waals surface area contributed by atoms with Crippen LogP contribution in [0.5, 0.6) is 0 Å². The molecule has 0 aliphatic rings. The molecule has 12 heavy (non-hydrogen) atoms. The molecule has 0 atom stereocenters. The number of nitro groups is 1. The van der Waals surface area contributed by atoms with Gasteiger partial charge in [-0.2, -0.15) is 0 Å². The Morgan fingerprint density at radius 2 is 1.75 bits per heavy atom. The van der Waals surface area contributed by atoms with Gasteiger partial charge in [0, 0.05) is 17.0 Å². The van der Waals surface area contributed by atoms with Crippen molar-refractivity contribution in [3.05, 3.63) is 32.3 Å². The van der Waals surface area contributed by atoms with Crippen molar-refractivity contribution in [3.8, 4) is 0 Å². The molecule has 3 nitrogen and oxygen atoms in total. The molecule has 0 aliphatic carbocycles. The SMILES string of the molecule is O=[N+]([O-])c1cc(Cl)c(S)c(Cl)c1. The maximum atomic E-state index is 10.3. The van der Waals surface area contributed by atoms with E-state index in [-0.39, 0.29) is 15.7 Å². The summed E-state index contributed by atoms with van der Waals surface area (Å²) in [6.45, 7) is 0. The van der Waals surface area contributed by atoms with Crippen LogP contribution in [0.4, 0.5) is 5.69 Å². The highest BCUT2D eigenvalue weighted by Crippen LogP contribution is 2.32. The molecule has 0 radical (unpaired) electrons. The summed E-state index contributed by atoms with van der Waals surface area (Å²) in [7, 11) is 0. The van der Waals surface area contributed by atoms with Gasteiger partial charge in [-0.15, -0.1) is 12.6 Å². The molecule has 0 amide bonds. The Morgan fingerprint density at radius 1 is 1.33 bits per heavy atom. The second-order valence-electron chi connectivity index (χ2n) is 2.02. The molecule has 64 valence electrons. The number of rotatable bonds is 1. The summed E-state index contributed by atoms with van der Waals surface area (Å²) in [4.78, 5) is 10.1. The zero-order valence-electron chi connectivity index (χ0n) is 5.62. The molecule has 0 N–H and O–H groups in total. The van der Waals surface area contributed by atoms with Gasteiger partial charge in [0.25, 0.3) is 5.69 Å². The number of nitro benzene ring substituents is 1. The zero-order valence-corrected chi connectivity index (χ0v) is 8.03. The van der Waals surface area contributed by atoms with Crippen molar-refractivity contribution in [1.29, 1.82) is 0 Å². The van der Waals surface area contributed by atoms with Crippen molar-refractivity contribution in [1.82, 2.24) is 0 Å². The van der Waals surface area contributed by atoms with Crippen molar-refractivity contribution in [2.24, 2.45) is 0 Å². The summed E-state index contributed by atoms with van der Waals surface area (Å²) >= 11 is 15.1. The highest BCUT2D eigenvalue weighted by Gasteiger charge is 2.11. The quantitative estimate of drug-likeness (QED) is 0.452. The van der Waals surface area contributed by atoms with E-state index in [9.17, 15) is 10.1 Å². The minimum Gasteiger partial charge on any atom is -0.258 e. The lowest BCUT2D eigenvalue weighted by atomic mass is 10.3. The van der Waals surface area contributed by atoms with Crippen molar-refractivity contribution in [2.45, 2.75) is 4.90 Å². The van der Waals surface area contributed by atoms with Gasteiger partial charge in [-0.05, 0) is 0 Å². The number of non-ortho nitro benzene ring substituents is 1. The van der Waals surface area contributed by atoms with E-state index < -0.39 is 4.92 Å². The predicted octanol–water partition coefficient (Wildman–Crippen LogP) is 3.19. The maximum absolute atomic E-state index is 10.3. The fourth-order valence-corrected chi connectivity index (χ4v) is 1.26. The first kappa shape index (κ1) is 9.64. The molecule has 0 spiro atoms. The van der Waals surface area contributed by atoms with Crippen LogP contribution in [0.15, 0.2) is 17.0 Å². The van der Waals surface area contributed by atoms with Gasteiger partial charge < -0.3 is 0 Å². The van der Waals surface area contributed by atoms with Gasteiger partial charge >= 0.3 is 0 Å². The third-order valence-corrected chi connectivity index (χ3v) is 2.55. The fourth-order valence-electron chi connectivity index (χ4n) is 0.658. The van der Waals surface area contributed by atoms with E-state index in [1.807, 2.05) is 0 Å². The van der Waals surface area contributed by atoms with E-state index in [4.69, 9.17) is 23.2 Å². The number of halogens is 2. The molecule has 1 aromatic rings. The first-order valence-electron chi connectivity index (χ1n) is 2.85. The third-order valence-electron chi connectivity index (χ3n) is 1.21. The summed E-state index contributed by atoms with van der Waals surface area (Å²) in [6.07, 6.45) is 0. The molecule has 0 aliphatic heterocycles. The summed E-state index contributed by atoms with van der Waals surface area (Å²) in [5.74, 6) is 0. The fraction of sp³-hybridized carbons (Fsp3) is 0. The molecule has 0 heterocycles. The normalized spacial score (nSPS) is 9.92. The molecule has 1 aromatic carbocycles. The molecule has 0 bridgehead atoms. The third kappa shape index (κ3) is 1.83. The average Bonchev–Trinajstić information content (AvgIpc) is 1.99. The Balaban J connectivity index is 3.31. The van der Waals surface area contributed by atoms with Crippen LogP contribution in [0.1, 0.15) is 0 Å². The van der Waals surface area contributed by atoms with Gasteiger partial charge in [0.1, 0.15) is 0 Å². The summed E-state index contributed by atoms with van der Waals surface area (Å²) in [5, 5.41) is 10.6. The monoisotopic (exact) mass is 223 g/mol. The van der Waals surface area contributed by atoms with Crippen molar-refractivity contribution in [3.63, 3.8) is 0 Å². The van der Waals surface area contributed by atoms with Crippen LogP contribution in [0.25, 0.3) is 0 Å². The van der Waals surface area contributed by atoms with Gasteiger partial charge in [0.05, 0.1) is 15.0 Å². The number of hydrogen-bond acceptors (Lipinski definition) is 3. The lowest BCUT2D eigenvalue weighted by Gasteiger charge is -1.98. The Labute approximate surface area is 83.8 Å². The molecule has 0 saturated heterocycles. The highest BCUT2D eigenvalue weighted by atomic mass is 35.5. The van der Waals surface area contributed by atoms with Gasteiger partial charge in [-0.25, -0.2) is 0 Å². The predicted molar refractivity (Wildman–Crippen MR) is 50.4 cm³/mol. The first-order valence-corrected chi connectivity index (χ1v) is 4.05. The van der Waals surface area contributed by atoms with E-state index in [0.29, 0.717) is 4.90 Å². The van der Waals surface area contributed by atoms with Crippen LogP contribution in [0.2, 0.25) is 10.0 Å².